The van der Waals surface area contributed by atoms with E-state index in [-0.39, 0.29) is 5.92 Å². The van der Waals surface area contributed by atoms with Gasteiger partial charge < -0.3 is 11.5 Å². The molecule has 0 aliphatic rings. The molecule has 4 N–H and O–H groups in total. The van der Waals surface area contributed by atoms with Crippen LogP contribution in [0.4, 0.5) is 0 Å². The predicted molar refractivity (Wildman–Crippen MR) is 173 cm³/mol. The molecule has 230 valence electrons. The van der Waals surface area contributed by atoms with Crippen LogP contribution in [0.25, 0.3) is 0 Å². The van der Waals surface area contributed by atoms with Gasteiger partial charge in [0.25, 0.3) is 0 Å². The molecular weight excluding hydrogens is 492 g/mol. The van der Waals surface area contributed by atoms with E-state index in [2.05, 4.69) is 13.8 Å². The molecule has 0 spiro atoms. The standard InChI is InChI=1S/C36H64N2O2/c1-3-5-7-9-11-13-15-17-19-21-23-25-27-31(26-24-22-20-18-16-14-12-10-8-6-4-2)34-30-32(35(37)39)28-29-33(34)36(38)40/h28-31H,3-27H2,1-2H3,(H2,37,39)(H2,38,40). The first-order chi connectivity index (χ1) is 19.5. The SMILES string of the molecule is CCCCCCCCCCCCCCC(CCCCCCCCCCCCC)c1cc(C(N)=O)ccc1C(N)=O. The maximum Gasteiger partial charge on any atom is 0.248 e. The van der Waals surface area contributed by atoms with Crippen molar-refractivity contribution in [2.45, 2.75) is 180 Å². The number of benzene rings is 1. The van der Waals surface area contributed by atoms with Crippen LogP contribution in [0.5, 0.6) is 0 Å². The summed E-state index contributed by atoms with van der Waals surface area (Å²) in [6.07, 6.45) is 32.6. The first kappa shape index (κ1) is 36.2. The fourth-order valence-corrected chi connectivity index (χ4v) is 6.02. The van der Waals surface area contributed by atoms with Crippen LogP contribution in [0.3, 0.4) is 0 Å². The van der Waals surface area contributed by atoms with E-state index in [1.165, 1.54) is 135 Å². The van der Waals surface area contributed by atoms with Crippen molar-refractivity contribution in [3.63, 3.8) is 0 Å². The number of amides is 2. The maximum atomic E-state index is 12.2. The summed E-state index contributed by atoms with van der Waals surface area (Å²) in [6, 6.07) is 5.18. The van der Waals surface area contributed by atoms with Crippen LogP contribution in [0.1, 0.15) is 207 Å². The molecule has 1 atom stereocenters. The largest absolute Gasteiger partial charge is 0.366 e. The van der Waals surface area contributed by atoms with Gasteiger partial charge in [0, 0.05) is 11.1 Å². The van der Waals surface area contributed by atoms with Crippen molar-refractivity contribution >= 4 is 11.8 Å². The van der Waals surface area contributed by atoms with Gasteiger partial charge in [0.2, 0.25) is 11.8 Å². The molecule has 4 heteroatoms. The van der Waals surface area contributed by atoms with E-state index in [0.29, 0.717) is 11.1 Å². The van der Waals surface area contributed by atoms with Gasteiger partial charge in [-0.2, -0.15) is 0 Å². The second kappa shape index (κ2) is 24.9. The maximum absolute atomic E-state index is 12.2. The molecule has 0 saturated heterocycles. The Morgan fingerprint density at radius 2 is 0.875 bits per heavy atom. The highest BCUT2D eigenvalue weighted by atomic mass is 16.1. The predicted octanol–water partition coefficient (Wildman–Crippen LogP) is 10.8. The Bertz CT molecular complexity index is 776. The van der Waals surface area contributed by atoms with Gasteiger partial charge in [-0.25, -0.2) is 0 Å². The minimum absolute atomic E-state index is 0.253. The quantitative estimate of drug-likeness (QED) is 0.101. The van der Waals surface area contributed by atoms with Gasteiger partial charge in [-0.3, -0.25) is 9.59 Å². The van der Waals surface area contributed by atoms with E-state index in [0.717, 1.165) is 31.2 Å². The topological polar surface area (TPSA) is 86.2 Å². The van der Waals surface area contributed by atoms with Crippen LogP contribution in [0, 0.1) is 0 Å². The van der Waals surface area contributed by atoms with Gasteiger partial charge in [0.05, 0.1) is 0 Å². The third-order valence-corrected chi connectivity index (χ3v) is 8.60. The summed E-state index contributed by atoms with van der Waals surface area (Å²) < 4.78 is 0. The molecular formula is C36H64N2O2. The summed E-state index contributed by atoms with van der Waals surface area (Å²) in [4.78, 5) is 24.1. The molecule has 0 fully saturated rings. The van der Waals surface area contributed by atoms with Crippen LogP contribution >= 0.6 is 0 Å². The minimum Gasteiger partial charge on any atom is -0.366 e. The Kier molecular flexibility index (Phi) is 22.5. The fraction of sp³-hybridized carbons (Fsp3) is 0.778. The van der Waals surface area contributed by atoms with E-state index >= 15 is 0 Å². The summed E-state index contributed by atoms with van der Waals surface area (Å²) in [5, 5.41) is 0. The molecule has 1 aromatic rings. The lowest BCUT2D eigenvalue weighted by Crippen LogP contribution is -2.18. The summed E-state index contributed by atoms with van der Waals surface area (Å²) in [7, 11) is 0. The number of carbonyl (C=O) groups is 2. The van der Waals surface area contributed by atoms with Crippen LogP contribution < -0.4 is 11.5 Å². The molecule has 1 rings (SSSR count). The highest BCUT2D eigenvalue weighted by Gasteiger charge is 2.19. The van der Waals surface area contributed by atoms with E-state index in [4.69, 9.17) is 11.5 Å². The van der Waals surface area contributed by atoms with Gasteiger partial charge >= 0.3 is 0 Å². The number of nitrogens with two attached hydrogens (primary N) is 2. The van der Waals surface area contributed by atoms with Gasteiger partial charge in [0.15, 0.2) is 0 Å². The molecule has 0 aromatic heterocycles. The van der Waals surface area contributed by atoms with Crippen molar-refractivity contribution in [3.05, 3.63) is 34.9 Å². The van der Waals surface area contributed by atoms with Crippen molar-refractivity contribution in [1.29, 1.82) is 0 Å². The second-order valence-corrected chi connectivity index (χ2v) is 12.2. The summed E-state index contributed by atoms with van der Waals surface area (Å²) in [5.74, 6) is -0.607. The molecule has 0 aliphatic heterocycles. The van der Waals surface area contributed by atoms with Crippen molar-refractivity contribution in [2.75, 3.05) is 0 Å². The Hall–Kier alpha value is -1.84. The number of primary amides is 2. The monoisotopic (exact) mass is 556 g/mol. The fourth-order valence-electron chi connectivity index (χ4n) is 6.02. The Morgan fingerprint density at radius 3 is 1.20 bits per heavy atom. The van der Waals surface area contributed by atoms with Gasteiger partial charge in [-0.05, 0) is 42.5 Å². The van der Waals surface area contributed by atoms with Crippen LogP contribution in [-0.2, 0) is 0 Å². The molecule has 1 unspecified atom stereocenters. The van der Waals surface area contributed by atoms with Gasteiger partial charge in [-0.1, -0.05) is 162 Å². The zero-order valence-corrected chi connectivity index (χ0v) is 26.5. The van der Waals surface area contributed by atoms with Gasteiger partial charge in [-0.15, -0.1) is 0 Å². The number of unbranched alkanes of at least 4 members (excludes halogenated alkanes) is 21. The van der Waals surface area contributed by atoms with Crippen molar-refractivity contribution in [3.8, 4) is 0 Å². The average molecular weight is 557 g/mol. The number of hydrogen-bond donors (Lipinski definition) is 2. The van der Waals surface area contributed by atoms with E-state index in [1.807, 2.05) is 6.07 Å². The normalized spacial score (nSPS) is 12.1. The number of carbonyl (C=O) groups excluding carboxylic acids is 2. The van der Waals surface area contributed by atoms with Crippen molar-refractivity contribution < 1.29 is 9.59 Å². The lowest BCUT2D eigenvalue weighted by atomic mass is 9.84. The molecule has 4 nitrogen and oxygen atoms in total. The van der Waals surface area contributed by atoms with Crippen LogP contribution in [0.15, 0.2) is 18.2 Å². The van der Waals surface area contributed by atoms with E-state index in [1.54, 1.807) is 12.1 Å². The second-order valence-electron chi connectivity index (χ2n) is 12.2. The third kappa shape index (κ3) is 17.8. The smallest absolute Gasteiger partial charge is 0.248 e. The Morgan fingerprint density at radius 1 is 0.525 bits per heavy atom. The molecule has 1 aromatic carbocycles. The Labute approximate surface area is 247 Å². The highest BCUT2D eigenvalue weighted by Crippen LogP contribution is 2.32. The zero-order chi connectivity index (χ0) is 29.3. The molecule has 0 bridgehead atoms. The summed E-state index contributed by atoms with van der Waals surface area (Å²) in [6.45, 7) is 4.54. The highest BCUT2D eigenvalue weighted by molar-refractivity contribution is 5.98. The van der Waals surface area contributed by atoms with Gasteiger partial charge in [0.1, 0.15) is 0 Å². The third-order valence-electron chi connectivity index (χ3n) is 8.60. The summed E-state index contributed by atoms with van der Waals surface area (Å²) >= 11 is 0. The van der Waals surface area contributed by atoms with Crippen molar-refractivity contribution in [2.24, 2.45) is 11.5 Å². The molecule has 0 aliphatic carbocycles. The molecule has 0 saturated carbocycles. The molecule has 0 heterocycles. The van der Waals surface area contributed by atoms with Crippen LogP contribution in [0.2, 0.25) is 0 Å². The van der Waals surface area contributed by atoms with E-state index in [9.17, 15) is 9.59 Å². The average Bonchev–Trinajstić information content (AvgIpc) is 2.94. The molecule has 0 radical (unpaired) electrons. The first-order valence-corrected chi connectivity index (χ1v) is 17.2. The number of rotatable bonds is 28. The first-order valence-electron chi connectivity index (χ1n) is 17.2. The molecule has 40 heavy (non-hydrogen) atoms. The lowest BCUT2D eigenvalue weighted by molar-refractivity contribution is 0.0987. The number of hydrogen-bond acceptors (Lipinski definition) is 2. The molecule has 2 amide bonds. The lowest BCUT2D eigenvalue weighted by Gasteiger charge is -2.21. The Balaban J connectivity index is 2.48. The van der Waals surface area contributed by atoms with Crippen LogP contribution in [-0.4, -0.2) is 11.8 Å². The summed E-state index contributed by atoms with van der Waals surface area (Å²) in [5.41, 5.74) is 13.3. The van der Waals surface area contributed by atoms with Crippen molar-refractivity contribution in [1.82, 2.24) is 0 Å². The minimum atomic E-state index is -0.448. The van der Waals surface area contributed by atoms with E-state index < -0.39 is 11.8 Å². The zero-order valence-electron chi connectivity index (χ0n) is 26.5.